The van der Waals surface area contributed by atoms with Crippen LogP contribution in [0.25, 0.3) is 10.9 Å². The van der Waals surface area contributed by atoms with E-state index in [9.17, 15) is 14.9 Å². The molecule has 27 heavy (non-hydrogen) atoms. The van der Waals surface area contributed by atoms with Crippen LogP contribution in [0.2, 0.25) is 0 Å². The first kappa shape index (κ1) is 18.0. The fourth-order valence-corrected chi connectivity index (χ4v) is 2.40. The highest BCUT2D eigenvalue weighted by Gasteiger charge is 2.15. The van der Waals surface area contributed by atoms with Crippen LogP contribution in [0.15, 0.2) is 65.9 Å². The van der Waals surface area contributed by atoms with Gasteiger partial charge < -0.3 is 4.74 Å². The van der Waals surface area contributed by atoms with Crippen molar-refractivity contribution in [2.24, 2.45) is 5.10 Å². The molecule has 1 amide bonds. The van der Waals surface area contributed by atoms with Gasteiger partial charge in [-0.15, -0.1) is 0 Å². The second kappa shape index (κ2) is 8.05. The molecule has 0 radical (unpaired) electrons. The van der Waals surface area contributed by atoms with Gasteiger partial charge in [0.05, 0.1) is 11.1 Å². The number of nitro benzene ring substituents is 1. The van der Waals surface area contributed by atoms with Gasteiger partial charge in [-0.05, 0) is 19.1 Å². The Morgan fingerprint density at radius 2 is 2.04 bits per heavy atom. The number of ether oxygens (including phenoxy) is 1. The average Bonchev–Trinajstić information content (AvgIpc) is 2.68. The molecule has 1 N–H and O–H groups in total. The van der Waals surface area contributed by atoms with Gasteiger partial charge in [-0.25, -0.2) is 5.43 Å². The molecular weight excluding hydrogens is 348 g/mol. The van der Waals surface area contributed by atoms with Crippen LogP contribution in [0.1, 0.15) is 12.5 Å². The van der Waals surface area contributed by atoms with Crippen molar-refractivity contribution < 1.29 is 14.5 Å². The van der Waals surface area contributed by atoms with Gasteiger partial charge in [-0.2, -0.15) is 5.10 Å². The lowest BCUT2D eigenvalue weighted by molar-refractivity contribution is -0.384. The first-order valence-electron chi connectivity index (χ1n) is 8.12. The predicted molar refractivity (Wildman–Crippen MR) is 101 cm³/mol. The normalized spacial score (nSPS) is 12.0. The quantitative estimate of drug-likeness (QED) is 0.411. The van der Waals surface area contributed by atoms with Crippen molar-refractivity contribution in [2.45, 2.75) is 13.0 Å². The first-order chi connectivity index (χ1) is 13.0. The maximum absolute atomic E-state index is 12.2. The molecule has 0 bridgehead atoms. The van der Waals surface area contributed by atoms with E-state index in [4.69, 9.17) is 4.74 Å². The number of hydrazone groups is 1. The topological polar surface area (TPSA) is 107 Å². The molecule has 1 aromatic heterocycles. The van der Waals surface area contributed by atoms with Gasteiger partial charge in [-0.3, -0.25) is 19.9 Å². The molecule has 0 unspecified atom stereocenters. The lowest BCUT2D eigenvalue weighted by atomic mass is 10.2. The van der Waals surface area contributed by atoms with E-state index < -0.39 is 16.9 Å². The van der Waals surface area contributed by atoms with E-state index in [0.717, 1.165) is 5.39 Å². The van der Waals surface area contributed by atoms with Crippen LogP contribution in [-0.2, 0) is 4.79 Å². The molecule has 136 valence electrons. The summed E-state index contributed by atoms with van der Waals surface area (Å²) in [6.07, 6.45) is 2.18. The minimum atomic E-state index is -0.806. The molecule has 0 aliphatic heterocycles. The summed E-state index contributed by atoms with van der Waals surface area (Å²) in [5, 5.41) is 15.5. The molecule has 0 saturated carbocycles. The highest BCUT2D eigenvalue weighted by Crippen LogP contribution is 2.23. The summed E-state index contributed by atoms with van der Waals surface area (Å²) in [5.41, 5.74) is 3.48. The number of aromatic nitrogens is 1. The number of amides is 1. The average molecular weight is 364 g/mol. The summed E-state index contributed by atoms with van der Waals surface area (Å²) in [7, 11) is 0. The molecule has 0 saturated heterocycles. The minimum absolute atomic E-state index is 0.0505. The summed E-state index contributed by atoms with van der Waals surface area (Å²) >= 11 is 0. The van der Waals surface area contributed by atoms with E-state index in [1.807, 2.05) is 24.3 Å². The number of nitro groups is 1. The third-order valence-electron chi connectivity index (χ3n) is 3.74. The molecule has 1 heterocycles. The van der Waals surface area contributed by atoms with Crippen molar-refractivity contribution in [3.8, 4) is 5.75 Å². The molecular formula is C19H16N4O4. The Kier molecular flexibility index (Phi) is 5.36. The van der Waals surface area contributed by atoms with Gasteiger partial charge in [0.25, 0.3) is 11.6 Å². The summed E-state index contributed by atoms with van der Waals surface area (Å²) < 4.78 is 5.70. The van der Waals surface area contributed by atoms with Gasteiger partial charge in [0.1, 0.15) is 11.3 Å². The van der Waals surface area contributed by atoms with Crippen LogP contribution in [-0.4, -0.2) is 28.1 Å². The fraction of sp³-hybridized carbons (Fsp3) is 0.105. The van der Waals surface area contributed by atoms with E-state index in [-0.39, 0.29) is 5.69 Å². The van der Waals surface area contributed by atoms with Crippen molar-refractivity contribution in [1.29, 1.82) is 0 Å². The Morgan fingerprint density at radius 3 is 2.85 bits per heavy atom. The number of hydrogen-bond acceptors (Lipinski definition) is 6. The predicted octanol–water partition coefficient (Wildman–Crippen LogP) is 3.06. The van der Waals surface area contributed by atoms with Crippen LogP contribution in [0.3, 0.4) is 0 Å². The van der Waals surface area contributed by atoms with Crippen molar-refractivity contribution in [2.75, 3.05) is 0 Å². The Balaban J connectivity index is 1.64. The summed E-state index contributed by atoms with van der Waals surface area (Å²) in [6, 6.07) is 15.1. The summed E-state index contributed by atoms with van der Waals surface area (Å²) in [5.74, 6) is 0.0445. The van der Waals surface area contributed by atoms with Gasteiger partial charge in [0.2, 0.25) is 0 Å². The lowest BCUT2D eigenvalue weighted by Crippen LogP contribution is -2.33. The Bertz CT molecular complexity index is 1010. The number of rotatable bonds is 6. The summed E-state index contributed by atoms with van der Waals surface area (Å²) in [4.78, 5) is 26.7. The number of carbonyl (C=O) groups is 1. The molecule has 2 aromatic carbocycles. The maximum atomic E-state index is 12.2. The van der Waals surface area contributed by atoms with Crippen LogP contribution in [0, 0.1) is 10.1 Å². The number of carbonyl (C=O) groups excluding carboxylic acids is 1. The van der Waals surface area contributed by atoms with Crippen molar-refractivity contribution in [1.82, 2.24) is 10.4 Å². The van der Waals surface area contributed by atoms with Crippen LogP contribution in [0.5, 0.6) is 5.75 Å². The number of nitrogens with zero attached hydrogens (tertiary/aromatic N) is 3. The molecule has 8 nitrogen and oxygen atoms in total. The van der Waals surface area contributed by atoms with Crippen molar-refractivity contribution in [3.63, 3.8) is 0 Å². The smallest absolute Gasteiger partial charge is 0.280 e. The molecule has 0 fully saturated rings. The molecule has 0 aliphatic rings. The van der Waals surface area contributed by atoms with Crippen LogP contribution < -0.4 is 10.2 Å². The van der Waals surface area contributed by atoms with Crippen molar-refractivity contribution >= 4 is 28.7 Å². The zero-order valence-corrected chi connectivity index (χ0v) is 14.4. The monoisotopic (exact) mass is 364 g/mol. The number of benzene rings is 2. The zero-order chi connectivity index (χ0) is 19.2. The standard InChI is InChI=1S/C19H16N4O4/c1-13(27-17-9-3-6-15-7-4-10-20-18(15)17)19(24)22-21-12-14-5-2-8-16(11-14)23(25)26/h2-13H,1H3,(H,22,24)/b21-12-/t13-/m0/s1. The largest absolute Gasteiger partial charge is 0.479 e. The maximum Gasteiger partial charge on any atom is 0.280 e. The van der Waals surface area contributed by atoms with Gasteiger partial charge in [0, 0.05) is 29.3 Å². The number of nitrogens with one attached hydrogen (secondary N) is 1. The van der Waals surface area contributed by atoms with Gasteiger partial charge in [0.15, 0.2) is 6.10 Å². The zero-order valence-electron chi connectivity index (χ0n) is 14.4. The molecule has 3 aromatic rings. The molecule has 8 heteroatoms. The van der Waals surface area contributed by atoms with Crippen LogP contribution in [0.4, 0.5) is 5.69 Å². The third-order valence-corrected chi connectivity index (χ3v) is 3.74. The Labute approximate surface area is 154 Å². The molecule has 1 atom stereocenters. The van der Waals surface area contributed by atoms with E-state index in [0.29, 0.717) is 16.8 Å². The number of pyridine rings is 1. The summed E-state index contributed by atoms with van der Waals surface area (Å²) in [6.45, 7) is 1.60. The Morgan fingerprint density at radius 1 is 1.26 bits per heavy atom. The molecule has 3 rings (SSSR count). The second-order valence-electron chi connectivity index (χ2n) is 5.68. The first-order valence-corrected chi connectivity index (χ1v) is 8.12. The highest BCUT2D eigenvalue weighted by atomic mass is 16.6. The minimum Gasteiger partial charge on any atom is -0.479 e. The van der Waals surface area contributed by atoms with E-state index >= 15 is 0 Å². The van der Waals surface area contributed by atoms with E-state index in [1.54, 1.807) is 31.3 Å². The highest BCUT2D eigenvalue weighted by molar-refractivity contribution is 5.87. The van der Waals surface area contributed by atoms with E-state index in [1.165, 1.54) is 18.3 Å². The molecule has 0 aliphatic carbocycles. The van der Waals surface area contributed by atoms with Gasteiger partial charge >= 0.3 is 0 Å². The third kappa shape index (κ3) is 4.43. The number of para-hydroxylation sites is 1. The van der Waals surface area contributed by atoms with Crippen LogP contribution >= 0.6 is 0 Å². The second-order valence-corrected chi connectivity index (χ2v) is 5.68. The molecule has 0 spiro atoms. The number of non-ortho nitro benzene ring substituents is 1. The van der Waals surface area contributed by atoms with E-state index in [2.05, 4.69) is 15.5 Å². The SMILES string of the molecule is C[C@H](Oc1cccc2cccnc12)C(=O)N/N=C\c1cccc([N+](=O)[O-])c1. The van der Waals surface area contributed by atoms with Crippen molar-refractivity contribution in [3.05, 3.63) is 76.5 Å². The Hall–Kier alpha value is -3.81. The number of fused-ring (bicyclic) bond motifs is 1. The number of hydrogen-bond donors (Lipinski definition) is 1. The van der Waals surface area contributed by atoms with Gasteiger partial charge in [-0.1, -0.05) is 30.3 Å². The lowest BCUT2D eigenvalue weighted by Gasteiger charge is -2.14. The fourth-order valence-electron chi connectivity index (χ4n) is 2.40.